The van der Waals surface area contributed by atoms with Gasteiger partial charge < -0.3 is 44.0 Å². The zero-order valence-electron chi connectivity index (χ0n) is 11.4. The Balaban J connectivity index is -0.000000334. The highest BCUT2D eigenvalue weighted by Crippen LogP contribution is 1.98. The Morgan fingerprint density at radius 3 is 0.952 bits per heavy atom. The minimum Gasteiger partial charge on any atom is -0.394 e. The van der Waals surface area contributed by atoms with Gasteiger partial charge in [-0.25, -0.2) is 0 Å². The van der Waals surface area contributed by atoms with Crippen molar-refractivity contribution in [1.82, 2.24) is 0 Å². The average Bonchev–Trinajstić information content (AvgIpc) is 2.35. The van der Waals surface area contributed by atoms with Gasteiger partial charge in [-0.1, -0.05) is 0 Å². The van der Waals surface area contributed by atoms with Gasteiger partial charge in [-0.3, -0.25) is 9.13 Å². The van der Waals surface area contributed by atoms with Gasteiger partial charge in [-0.05, 0) is 0 Å². The van der Waals surface area contributed by atoms with E-state index >= 15 is 0 Å². The molecule has 0 unspecified atom stereocenters. The standard InChI is InChI=1S/C8H18O5.2H3O3P/c9-1-3-11-5-7-13-8-6-12-4-2-10;2*1-4(2)3/h9-10H,1-8H2;2*4H,(H2,1,2,3). The van der Waals surface area contributed by atoms with Crippen molar-refractivity contribution in [1.29, 1.82) is 0 Å². The van der Waals surface area contributed by atoms with Gasteiger partial charge in [0.05, 0.1) is 52.9 Å². The van der Waals surface area contributed by atoms with Crippen LogP contribution < -0.4 is 0 Å². The normalized spacial score (nSPS) is 9.90. The second-order valence-corrected chi connectivity index (χ2v) is 3.98. The van der Waals surface area contributed by atoms with Gasteiger partial charge in [-0.15, -0.1) is 0 Å². The summed E-state index contributed by atoms with van der Waals surface area (Å²) in [5.41, 5.74) is 0. The third kappa shape index (κ3) is 64.6. The summed E-state index contributed by atoms with van der Waals surface area (Å²) in [5, 5.41) is 16.7. The second-order valence-electron chi connectivity index (χ2n) is 2.85. The molecule has 0 aliphatic carbocycles. The minimum absolute atomic E-state index is 0.0413. The van der Waals surface area contributed by atoms with Gasteiger partial charge in [0.15, 0.2) is 0 Å². The lowest BCUT2D eigenvalue weighted by molar-refractivity contribution is 0.00230. The molecule has 0 heterocycles. The number of hydrogen-bond acceptors (Lipinski definition) is 7. The fraction of sp³-hybridized carbons (Fsp3) is 1.00. The van der Waals surface area contributed by atoms with Gasteiger partial charge >= 0.3 is 16.5 Å². The lowest BCUT2D eigenvalue weighted by atomic mass is 10.7. The van der Waals surface area contributed by atoms with Crippen molar-refractivity contribution in [3.8, 4) is 0 Å². The van der Waals surface area contributed by atoms with E-state index in [1.54, 1.807) is 0 Å². The monoisotopic (exact) mass is 358 g/mol. The molecule has 0 rings (SSSR count). The number of aliphatic hydroxyl groups is 2. The smallest absolute Gasteiger partial charge is 0.314 e. The maximum atomic E-state index is 8.74. The number of ether oxygens (including phenoxy) is 3. The van der Waals surface area contributed by atoms with Crippen LogP contribution in [0.4, 0.5) is 0 Å². The van der Waals surface area contributed by atoms with E-state index in [1.165, 1.54) is 0 Å². The predicted molar refractivity (Wildman–Crippen MR) is 73.5 cm³/mol. The number of aliphatic hydroxyl groups excluding tert-OH is 2. The van der Waals surface area contributed by atoms with E-state index in [-0.39, 0.29) is 13.2 Å². The molecular weight excluding hydrogens is 334 g/mol. The van der Waals surface area contributed by atoms with E-state index in [0.29, 0.717) is 39.6 Å². The molecule has 0 fully saturated rings. The first-order valence-corrected chi connectivity index (χ1v) is 8.27. The third-order valence-corrected chi connectivity index (χ3v) is 1.22. The molecule has 0 atom stereocenters. The summed E-state index contributed by atoms with van der Waals surface area (Å²) in [6.45, 7) is 2.76. The largest absolute Gasteiger partial charge is 0.394 e. The van der Waals surface area contributed by atoms with Crippen LogP contribution >= 0.6 is 16.5 Å². The molecule has 0 saturated carbocycles. The van der Waals surface area contributed by atoms with Crippen molar-refractivity contribution in [2.24, 2.45) is 0 Å². The molecule has 0 saturated heterocycles. The Labute approximate surface area is 123 Å². The van der Waals surface area contributed by atoms with Gasteiger partial charge in [0.1, 0.15) is 0 Å². The summed E-state index contributed by atoms with van der Waals surface area (Å²) in [6, 6.07) is 0. The quantitative estimate of drug-likeness (QED) is 0.183. The predicted octanol–water partition coefficient (Wildman–Crippen LogP) is -2.26. The topological polar surface area (TPSA) is 183 Å². The Bertz CT molecular complexity index is 198. The molecule has 0 amide bonds. The average molecular weight is 358 g/mol. The zero-order valence-corrected chi connectivity index (χ0v) is 13.4. The van der Waals surface area contributed by atoms with Crippen molar-refractivity contribution in [2.75, 3.05) is 52.9 Å². The van der Waals surface area contributed by atoms with Crippen LogP contribution in [0.25, 0.3) is 0 Å². The van der Waals surface area contributed by atoms with E-state index in [2.05, 4.69) is 0 Å². The molecule has 0 spiro atoms. The maximum Gasteiger partial charge on any atom is 0.314 e. The molecule has 0 bridgehead atoms. The van der Waals surface area contributed by atoms with E-state index in [9.17, 15) is 0 Å². The van der Waals surface area contributed by atoms with Crippen molar-refractivity contribution in [3.05, 3.63) is 0 Å². The van der Waals surface area contributed by atoms with Crippen LogP contribution in [-0.4, -0.2) is 82.6 Å². The SMILES string of the molecule is O=[PH](O)O.O=[PH](O)O.OCCOCCOCCOCCO. The zero-order chi connectivity index (χ0) is 16.9. The summed E-state index contributed by atoms with van der Waals surface area (Å²) in [6.07, 6.45) is 0. The van der Waals surface area contributed by atoms with Crippen LogP contribution in [0.15, 0.2) is 0 Å². The Hall–Kier alpha value is 0.100. The Morgan fingerprint density at radius 2 is 0.762 bits per heavy atom. The van der Waals surface area contributed by atoms with E-state index in [1.807, 2.05) is 0 Å². The number of rotatable bonds is 10. The fourth-order valence-corrected chi connectivity index (χ4v) is 0.671. The molecule has 0 aromatic carbocycles. The molecule has 13 heteroatoms. The number of hydrogen-bond donors (Lipinski definition) is 6. The van der Waals surface area contributed by atoms with Gasteiger partial charge in [-0.2, -0.15) is 0 Å². The second kappa shape index (κ2) is 25.1. The Morgan fingerprint density at radius 1 is 0.571 bits per heavy atom. The van der Waals surface area contributed by atoms with E-state index in [4.69, 9.17) is 53.1 Å². The Kier molecular flexibility index (Phi) is 31.1. The van der Waals surface area contributed by atoms with Crippen molar-refractivity contribution in [3.63, 3.8) is 0 Å². The van der Waals surface area contributed by atoms with Crippen LogP contribution in [0.1, 0.15) is 0 Å². The summed E-state index contributed by atoms with van der Waals surface area (Å²) in [7, 11) is -6.26. The molecular formula is C8H24O11P2. The van der Waals surface area contributed by atoms with Gasteiger partial charge in [0.25, 0.3) is 0 Å². The highest BCUT2D eigenvalue weighted by atomic mass is 31.1. The maximum absolute atomic E-state index is 8.74. The van der Waals surface area contributed by atoms with Crippen molar-refractivity contribution >= 4 is 16.5 Å². The van der Waals surface area contributed by atoms with E-state index in [0.717, 1.165) is 0 Å². The van der Waals surface area contributed by atoms with Crippen LogP contribution in [0.2, 0.25) is 0 Å². The van der Waals surface area contributed by atoms with Crippen molar-refractivity contribution < 1.29 is 53.1 Å². The van der Waals surface area contributed by atoms with Crippen LogP contribution in [-0.2, 0) is 23.3 Å². The summed E-state index contributed by atoms with van der Waals surface area (Å²) < 4.78 is 32.5. The molecule has 132 valence electrons. The minimum atomic E-state index is -3.13. The molecule has 0 aliphatic heterocycles. The molecule has 0 aromatic rings. The molecule has 0 aromatic heterocycles. The summed E-state index contributed by atoms with van der Waals surface area (Å²) >= 11 is 0. The molecule has 11 nitrogen and oxygen atoms in total. The lowest BCUT2D eigenvalue weighted by Gasteiger charge is -2.04. The molecule has 0 aliphatic rings. The third-order valence-electron chi connectivity index (χ3n) is 1.22. The first kappa shape index (κ1) is 26.0. The van der Waals surface area contributed by atoms with Crippen LogP contribution in [0, 0.1) is 0 Å². The first-order chi connectivity index (χ1) is 9.88. The summed E-state index contributed by atoms with van der Waals surface area (Å²) in [5.74, 6) is 0. The lowest BCUT2D eigenvalue weighted by Crippen LogP contribution is -2.11. The highest BCUT2D eigenvalue weighted by Gasteiger charge is 1.89. The summed E-state index contributed by atoms with van der Waals surface area (Å²) in [4.78, 5) is 28.6. The van der Waals surface area contributed by atoms with Gasteiger partial charge in [0, 0.05) is 0 Å². The van der Waals surface area contributed by atoms with Crippen LogP contribution in [0.5, 0.6) is 0 Å². The van der Waals surface area contributed by atoms with Crippen molar-refractivity contribution in [2.45, 2.75) is 0 Å². The molecule has 6 N–H and O–H groups in total. The fourth-order valence-electron chi connectivity index (χ4n) is 0.671. The molecule has 21 heavy (non-hydrogen) atoms. The van der Waals surface area contributed by atoms with Gasteiger partial charge in [0.2, 0.25) is 0 Å². The molecule has 0 radical (unpaired) electrons. The van der Waals surface area contributed by atoms with E-state index < -0.39 is 16.5 Å². The first-order valence-electron chi connectivity index (χ1n) is 5.67. The highest BCUT2D eigenvalue weighted by molar-refractivity contribution is 7.31. The van der Waals surface area contributed by atoms with Crippen LogP contribution in [0.3, 0.4) is 0 Å².